The average molecular weight is 345 g/mol. The number of rotatable bonds is 4. The molecule has 1 heterocycles. The minimum absolute atomic E-state index is 0.0581. The summed E-state index contributed by atoms with van der Waals surface area (Å²) >= 11 is 5.53. The van der Waals surface area contributed by atoms with Crippen LogP contribution in [0.15, 0.2) is 57.7 Å². The van der Waals surface area contributed by atoms with Crippen LogP contribution < -0.4 is 10.9 Å². The number of benzene rings is 2. The maximum Gasteiger partial charge on any atom is 0.417 e. The van der Waals surface area contributed by atoms with Crippen molar-refractivity contribution in [1.82, 2.24) is 0 Å². The molecule has 0 unspecified atom stereocenters. The Morgan fingerprint density at radius 3 is 2.50 bits per heavy atom. The van der Waals surface area contributed by atoms with Crippen LogP contribution in [-0.2, 0) is 0 Å². The fourth-order valence-electron chi connectivity index (χ4n) is 2.33. The molecule has 0 aliphatic heterocycles. The lowest BCUT2D eigenvalue weighted by atomic mass is 10.1. The number of fused-ring (bicyclic) bond motifs is 1. The summed E-state index contributed by atoms with van der Waals surface area (Å²) in [5, 5.41) is 13.7. The van der Waals surface area contributed by atoms with E-state index in [0.717, 1.165) is 0 Å². The first kappa shape index (κ1) is 15.7. The van der Waals surface area contributed by atoms with E-state index < -0.39 is 21.5 Å². The molecule has 1 N–H and O–H groups in total. The molecule has 2 aromatic carbocycles. The van der Waals surface area contributed by atoms with Crippen LogP contribution in [0.25, 0.3) is 11.0 Å². The first-order valence-electron chi connectivity index (χ1n) is 6.75. The van der Waals surface area contributed by atoms with E-state index in [0.29, 0.717) is 5.39 Å². The lowest BCUT2D eigenvalue weighted by Gasteiger charge is -2.11. The van der Waals surface area contributed by atoms with Gasteiger partial charge >= 0.3 is 11.3 Å². The van der Waals surface area contributed by atoms with Gasteiger partial charge in [-0.05, 0) is 35.9 Å². The van der Waals surface area contributed by atoms with Gasteiger partial charge in [0.25, 0.3) is 5.24 Å². The third kappa shape index (κ3) is 2.72. The summed E-state index contributed by atoms with van der Waals surface area (Å²) in [6, 6.07) is 12.6. The summed E-state index contributed by atoms with van der Waals surface area (Å²) < 4.78 is 4.98. The number of carbonyl (C=O) groups excluding carboxylic acids is 1. The molecule has 0 atom stereocenters. The normalized spacial score (nSPS) is 10.5. The van der Waals surface area contributed by atoms with Crippen molar-refractivity contribution < 1.29 is 14.1 Å². The van der Waals surface area contributed by atoms with Crippen LogP contribution in [-0.4, -0.2) is 10.2 Å². The summed E-state index contributed by atoms with van der Waals surface area (Å²) in [7, 11) is 0. The predicted octanol–water partition coefficient (Wildman–Crippen LogP) is 3.82. The van der Waals surface area contributed by atoms with Gasteiger partial charge in [0.2, 0.25) is 0 Å². The van der Waals surface area contributed by atoms with E-state index in [1.807, 2.05) is 0 Å². The Bertz CT molecular complexity index is 1030. The second kappa shape index (κ2) is 6.13. The van der Waals surface area contributed by atoms with E-state index in [9.17, 15) is 19.7 Å². The van der Waals surface area contributed by atoms with Crippen LogP contribution in [0.5, 0.6) is 0 Å². The zero-order valence-electron chi connectivity index (χ0n) is 12.0. The van der Waals surface area contributed by atoms with Gasteiger partial charge in [-0.25, -0.2) is 4.79 Å². The largest absolute Gasteiger partial charge is 0.418 e. The number of nitro groups is 1. The van der Waals surface area contributed by atoms with E-state index in [4.69, 9.17) is 16.0 Å². The van der Waals surface area contributed by atoms with Crippen LogP contribution in [0, 0.1) is 10.1 Å². The topological polar surface area (TPSA) is 102 Å². The number of para-hydroxylation sites is 2. The van der Waals surface area contributed by atoms with Crippen molar-refractivity contribution in [3.05, 3.63) is 74.6 Å². The van der Waals surface area contributed by atoms with Gasteiger partial charge in [-0.1, -0.05) is 24.3 Å². The third-order valence-electron chi connectivity index (χ3n) is 3.37. The Hall–Kier alpha value is -3.19. The zero-order chi connectivity index (χ0) is 17.3. The SMILES string of the molecule is O=C(Cl)c1ccccc1Nc1c([N+](=O)[O-])c(=O)oc2ccccc12. The lowest BCUT2D eigenvalue weighted by Crippen LogP contribution is -2.11. The van der Waals surface area contributed by atoms with Gasteiger partial charge in [-0.15, -0.1) is 0 Å². The Kier molecular flexibility index (Phi) is 4.01. The molecule has 120 valence electrons. The van der Waals surface area contributed by atoms with Crippen LogP contribution >= 0.6 is 11.6 Å². The average Bonchev–Trinajstić information content (AvgIpc) is 2.54. The maximum absolute atomic E-state index is 12.0. The molecule has 7 nitrogen and oxygen atoms in total. The van der Waals surface area contributed by atoms with Crippen molar-refractivity contribution in [3.8, 4) is 0 Å². The second-order valence-electron chi connectivity index (χ2n) is 4.81. The molecule has 0 saturated heterocycles. The molecule has 0 radical (unpaired) electrons. The van der Waals surface area contributed by atoms with Crippen LogP contribution in [0.1, 0.15) is 10.4 Å². The van der Waals surface area contributed by atoms with E-state index in [-0.39, 0.29) is 22.5 Å². The number of anilines is 2. The minimum Gasteiger partial charge on any atom is -0.418 e. The number of hydrogen-bond acceptors (Lipinski definition) is 6. The maximum atomic E-state index is 12.0. The van der Waals surface area contributed by atoms with Crippen molar-refractivity contribution in [2.24, 2.45) is 0 Å². The molecule has 0 aliphatic carbocycles. The molecule has 3 rings (SSSR count). The fraction of sp³-hybridized carbons (Fsp3) is 0. The van der Waals surface area contributed by atoms with Crippen molar-refractivity contribution in [1.29, 1.82) is 0 Å². The van der Waals surface area contributed by atoms with Crippen molar-refractivity contribution in [2.45, 2.75) is 0 Å². The first-order chi connectivity index (χ1) is 11.5. The molecule has 24 heavy (non-hydrogen) atoms. The standard InChI is InChI=1S/C16H9ClN2O5/c17-15(20)9-5-1-3-7-11(9)18-13-10-6-2-4-8-12(10)24-16(21)14(13)19(22)23/h1-8,18H. The second-order valence-corrected chi connectivity index (χ2v) is 5.15. The molecule has 0 aliphatic rings. The van der Waals surface area contributed by atoms with Gasteiger partial charge in [0.1, 0.15) is 11.3 Å². The number of nitrogens with one attached hydrogen (secondary N) is 1. The number of halogens is 1. The van der Waals surface area contributed by atoms with Crippen molar-refractivity contribution in [2.75, 3.05) is 5.32 Å². The highest BCUT2D eigenvalue weighted by Crippen LogP contribution is 2.33. The monoisotopic (exact) mass is 344 g/mol. The third-order valence-corrected chi connectivity index (χ3v) is 3.57. The predicted molar refractivity (Wildman–Crippen MR) is 89.0 cm³/mol. The highest BCUT2D eigenvalue weighted by Gasteiger charge is 2.25. The van der Waals surface area contributed by atoms with E-state index in [1.54, 1.807) is 30.3 Å². The zero-order valence-corrected chi connectivity index (χ0v) is 12.7. The molecule has 3 aromatic rings. The van der Waals surface area contributed by atoms with Crippen LogP contribution in [0.3, 0.4) is 0 Å². The minimum atomic E-state index is -1.09. The smallest absolute Gasteiger partial charge is 0.417 e. The molecular formula is C16H9ClN2O5. The van der Waals surface area contributed by atoms with Gasteiger partial charge in [0.15, 0.2) is 0 Å². The summed E-state index contributed by atoms with van der Waals surface area (Å²) in [5.41, 5.74) is -1.33. The fourth-order valence-corrected chi connectivity index (χ4v) is 2.50. The first-order valence-corrected chi connectivity index (χ1v) is 7.13. The van der Waals surface area contributed by atoms with Crippen molar-refractivity contribution in [3.63, 3.8) is 0 Å². The molecule has 0 bridgehead atoms. The molecule has 0 saturated carbocycles. The molecule has 0 amide bonds. The van der Waals surface area contributed by atoms with E-state index in [2.05, 4.69) is 5.32 Å². The molecule has 0 fully saturated rings. The van der Waals surface area contributed by atoms with Crippen LogP contribution in [0.4, 0.5) is 17.1 Å². The summed E-state index contributed by atoms with van der Waals surface area (Å²) in [5.74, 6) is 0. The van der Waals surface area contributed by atoms with Gasteiger partial charge in [-0.3, -0.25) is 14.9 Å². The summed E-state index contributed by atoms with van der Waals surface area (Å²) in [6.07, 6.45) is 0. The molecular weight excluding hydrogens is 336 g/mol. The lowest BCUT2D eigenvalue weighted by molar-refractivity contribution is -0.386. The quantitative estimate of drug-likeness (QED) is 0.334. The Morgan fingerprint density at radius 2 is 1.79 bits per heavy atom. The van der Waals surface area contributed by atoms with E-state index in [1.165, 1.54) is 18.2 Å². The molecule has 0 spiro atoms. The molecule has 1 aromatic heterocycles. The van der Waals surface area contributed by atoms with E-state index >= 15 is 0 Å². The Labute approximate surface area is 139 Å². The number of nitrogens with zero attached hydrogens (tertiary/aromatic N) is 1. The highest BCUT2D eigenvalue weighted by molar-refractivity contribution is 6.68. The van der Waals surface area contributed by atoms with Crippen LogP contribution in [0.2, 0.25) is 0 Å². The number of carbonyl (C=O) groups is 1. The highest BCUT2D eigenvalue weighted by atomic mass is 35.5. The summed E-state index contributed by atoms with van der Waals surface area (Å²) in [6.45, 7) is 0. The van der Waals surface area contributed by atoms with Gasteiger partial charge < -0.3 is 9.73 Å². The van der Waals surface area contributed by atoms with Gasteiger partial charge in [0.05, 0.1) is 16.2 Å². The summed E-state index contributed by atoms with van der Waals surface area (Å²) in [4.78, 5) is 34.0. The van der Waals surface area contributed by atoms with Crippen molar-refractivity contribution >= 4 is 44.9 Å². The Balaban J connectivity index is 2.30. The van der Waals surface area contributed by atoms with Gasteiger partial charge in [-0.2, -0.15) is 0 Å². The van der Waals surface area contributed by atoms with Gasteiger partial charge in [0, 0.05) is 5.39 Å². The molecule has 8 heteroatoms. The number of hydrogen-bond donors (Lipinski definition) is 1. The Morgan fingerprint density at radius 1 is 1.12 bits per heavy atom.